The van der Waals surface area contributed by atoms with Crippen molar-refractivity contribution < 1.29 is 44.1 Å². The van der Waals surface area contributed by atoms with Gasteiger partial charge in [0.15, 0.2) is 0 Å². The molecular weight excluding hydrogens is 1730 g/mol. The van der Waals surface area contributed by atoms with Crippen molar-refractivity contribution in [1.82, 2.24) is 5.32 Å². The highest BCUT2D eigenvalue weighted by Gasteiger charge is 2.41. The highest BCUT2D eigenvalue weighted by molar-refractivity contribution is 5.49. The molecule has 2 heterocycles. The van der Waals surface area contributed by atoms with Crippen molar-refractivity contribution in [1.29, 1.82) is 0 Å². The minimum atomic E-state index is -0.270. The predicted octanol–water partition coefficient (Wildman–Crippen LogP) is 28.0. The van der Waals surface area contributed by atoms with E-state index in [1.165, 1.54) is 65.2 Å². The van der Waals surface area contributed by atoms with Crippen molar-refractivity contribution >= 4 is 0 Å². The van der Waals surface area contributed by atoms with Gasteiger partial charge in [-0.1, -0.05) is 356 Å². The Bertz CT molecular complexity index is 5110. The van der Waals surface area contributed by atoms with Gasteiger partial charge in [-0.05, 0) is 273 Å². The zero-order valence-corrected chi connectivity index (χ0v) is 82.7. The highest BCUT2D eigenvalue weighted by atomic mass is 16.5. The molecule has 141 heavy (non-hydrogen) atoms. The molecule has 10 nitrogen and oxygen atoms in total. The van der Waals surface area contributed by atoms with Crippen LogP contribution in [0.5, 0.6) is 0 Å². The predicted molar refractivity (Wildman–Crippen MR) is 604 cm³/mol. The third-order valence-corrected chi connectivity index (χ3v) is 23.2. The number of benzene rings is 6. The smallest absolute Gasteiger partial charge is 0.109 e. The van der Waals surface area contributed by atoms with E-state index in [4.69, 9.17) is 36.5 Å². The molecule has 748 valence electrons. The Hall–Kier alpha value is -13.6. The van der Waals surface area contributed by atoms with Crippen LogP contribution < -0.4 is 5.32 Å². The lowest BCUT2D eigenvalue weighted by atomic mass is 9.82. The van der Waals surface area contributed by atoms with Crippen LogP contribution in [0.15, 0.2) is 344 Å². The zero-order valence-electron chi connectivity index (χ0n) is 82.7. The lowest BCUT2D eigenvalue weighted by Crippen LogP contribution is -2.28. The molecule has 0 aromatic heterocycles. The van der Waals surface area contributed by atoms with E-state index in [-0.39, 0.29) is 97.4 Å². The van der Waals surface area contributed by atoms with Gasteiger partial charge in [0, 0.05) is 49.1 Å². The summed E-state index contributed by atoms with van der Waals surface area (Å²) in [6.07, 6.45) is 69.4. The van der Waals surface area contributed by atoms with Crippen molar-refractivity contribution in [2.24, 2.45) is 47.3 Å². The van der Waals surface area contributed by atoms with E-state index in [0.29, 0.717) is 72.8 Å². The first-order chi connectivity index (χ1) is 67.0. The van der Waals surface area contributed by atoms with Gasteiger partial charge in [0.1, 0.15) is 12.2 Å². The number of aliphatic hydroxyl groups excluding tert-OH is 4. The summed E-state index contributed by atoms with van der Waals surface area (Å²) in [5.74, 6) is 41.6. The third kappa shape index (κ3) is 51.8. The summed E-state index contributed by atoms with van der Waals surface area (Å²) in [5.41, 5.74) is 11.0. The van der Waals surface area contributed by atoms with Crippen molar-refractivity contribution in [2.45, 2.75) is 210 Å². The minimum Gasteiger partial charge on any atom is -0.502 e. The quantitative estimate of drug-likeness (QED) is 0.0113. The van der Waals surface area contributed by atoms with Gasteiger partial charge in [0.05, 0.1) is 63.9 Å². The van der Waals surface area contributed by atoms with Gasteiger partial charge in [0.25, 0.3) is 0 Å². The summed E-state index contributed by atoms with van der Waals surface area (Å²) in [6.45, 7) is 49.0. The average molecular weight is 1900 g/mol. The molecule has 2 aliphatic heterocycles. The summed E-state index contributed by atoms with van der Waals surface area (Å²) in [7, 11) is 0. The van der Waals surface area contributed by atoms with Crippen LogP contribution >= 0.6 is 0 Å². The Balaban J connectivity index is -0.00000152. The zero-order chi connectivity index (χ0) is 101. The van der Waals surface area contributed by atoms with Gasteiger partial charge >= 0.3 is 0 Å². The van der Waals surface area contributed by atoms with Crippen molar-refractivity contribution in [3.63, 3.8) is 0 Å². The molecule has 12 rings (SSSR count). The van der Waals surface area contributed by atoms with E-state index >= 15 is 0 Å². The second-order valence-electron chi connectivity index (χ2n) is 32.5. The molecule has 6 aromatic carbocycles. The summed E-state index contributed by atoms with van der Waals surface area (Å²) in [5, 5.41) is 40.6. The molecular formula is C131H165NO9. The molecule has 0 amide bonds. The Morgan fingerprint density at radius 3 is 1.11 bits per heavy atom. The number of hydrogen-bond acceptors (Lipinski definition) is 10. The first kappa shape index (κ1) is 132. The molecule has 0 saturated heterocycles. The molecule has 5 N–H and O–H groups in total. The molecule has 4 aliphatic carbocycles. The van der Waals surface area contributed by atoms with E-state index in [2.05, 4.69) is 370 Å². The van der Waals surface area contributed by atoms with Gasteiger partial charge < -0.3 is 44.1 Å². The Labute approximate surface area is 856 Å². The maximum Gasteiger partial charge on any atom is 0.109 e. The van der Waals surface area contributed by atoms with Crippen LogP contribution in [0.3, 0.4) is 0 Å². The molecule has 6 aromatic rings. The Kier molecular flexibility index (Phi) is 78.8. The van der Waals surface area contributed by atoms with Crippen molar-refractivity contribution in [3.05, 3.63) is 389 Å². The highest BCUT2D eigenvalue weighted by Crippen LogP contribution is 2.46. The number of nitrogens with one attached hydrogen (secondary N) is 1. The molecule has 2 bridgehead atoms. The largest absolute Gasteiger partial charge is 0.502 e. The van der Waals surface area contributed by atoms with Crippen LogP contribution in [-0.2, 0) is 47.7 Å². The molecule has 2 saturated carbocycles. The van der Waals surface area contributed by atoms with Gasteiger partial charge in [-0.15, -0.1) is 58.6 Å². The molecule has 6 aliphatic rings. The number of hydrogen-bond donors (Lipinski definition) is 5. The number of unbranched alkanes of at least 4 members (excludes halogenated alkanes) is 3. The van der Waals surface area contributed by atoms with E-state index in [1.807, 2.05) is 124 Å². The lowest BCUT2D eigenvalue weighted by molar-refractivity contribution is -0.0429. The molecule has 0 spiro atoms. The van der Waals surface area contributed by atoms with Gasteiger partial charge in [-0.3, -0.25) is 5.32 Å². The fourth-order valence-electron chi connectivity index (χ4n) is 15.6. The number of aliphatic hydroxyl groups is 4. The Morgan fingerprint density at radius 1 is 0.426 bits per heavy atom. The third-order valence-electron chi connectivity index (χ3n) is 23.2. The fourth-order valence-corrected chi connectivity index (χ4v) is 15.6. The first-order valence-corrected chi connectivity index (χ1v) is 47.3. The maximum absolute atomic E-state index is 9.30. The summed E-state index contributed by atoms with van der Waals surface area (Å²) < 4.78 is 27.4. The summed E-state index contributed by atoms with van der Waals surface area (Å²) in [6, 6.07) is 59.5. The van der Waals surface area contributed by atoms with Crippen LogP contribution in [0.2, 0.25) is 0 Å². The molecule has 10 heteroatoms. The second-order valence-corrected chi connectivity index (χ2v) is 32.5. The minimum absolute atomic E-state index is 0. The number of fused-ring (bicyclic) bond motifs is 6. The van der Waals surface area contributed by atoms with E-state index in [0.717, 1.165) is 62.9 Å². The topological polar surface area (TPSA) is 139 Å². The second kappa shape index (κ2) is 84.5. The van der Waals surface area contributed by atoms with Crippen LogP contribution in [-0.4, -0.2) is 78.9 Å². The monoisotopic (exact) mass is 1900 g/mol. The van der Waals surface area contributed by atoms with Gasteiger partial charge in [-0.25, -0.2) is 0 Å². The van der Waals surface area contributed by atoms with E-state index < -0.39 is 0 Å². The molecule has 1 unspecified atom stereocenters. The number of allylic oxidation sites excluding steroid dienone is 14. The average Bonchev–Trinajstić information content (AvgIpc) is 1.62. The van der Waals surface area contributed by atoms with Crippen LogP contribution in [0, 0.1) is 168 Å². The van der Waals surface area contributed by atoms with Gasteiger partial charge in [-0.2, -0.15) is 0 Å². The normalized spacial score (nSPS) is 19.1. The van der Waals surface area contributed by atoms with E-state index in [1.54, 1.807) is 12.3 Å². The maximum atomic E-state index is 9.30. The number of terminal acetylenes is 3. The Morgan fingerprint density at radius 2 is 0.773 bits per heavy atom. The molecule has 0 radical (unpaired) electrons. The van der Waals surface area contributed by atoms with Crippen LogP contribution in [0.1, 0.15) is 218 Å². The van der Waals surface area contributed by atoms with Crippen molar-refractivity contribution in [2.75, 3.05) is 46.2 Å². The number of rotatable bonds is 35. The van der Waals surface area contributed by atoms with Gasteiger partial charge in [0.2, 0.25) is 0 Å². The lowest BCUT2D eigenvalue weighted by Gasteiger charge is -2.23. The summed E-state index contributed by atoms with van der Waals surface area (Å²) >= 11 is 0. The van der Waals surface area contributed by atoms with Crippen LogP contribution in [0.4, 0.5) is 0 Å². The first-order valence-electron chi connectivity index (χ1n) is 47.3. The summed E-state index contributed by atoms with van der Waals surface area (Å²) in [4.78, 5) is 0. The SMILES string of the molecule is C.C.C.C.C#C.C#CC#CC#CC#CC#CC#CC#CC#CC#C.C1=C[C@H]2N[C@@H]1c1ccccc12.C=CC(C)(/C=C\C)c1ccccc1.C=COCCCC.C=COCCCC.C=C[C@@H]1C[C@H](/C=C\C)[C@@H](CO)[C@H]1CO.C=C[C@@H]1C[C@H](/C=C\C)[C@@H](CO)[C@H]1CO.C=C[C@@H]1C[C@H](/C=C\C)c2ccccc21.C=C[C@H](OCc1ccccc1)[C@@H](/C=C\OCCCC)OCc1ccccc1.CC1(c2ccccc2)C=C1. The standard InChI is InChI=1S/C24H30O3.C18H2.C14H16.C13H16.2C12H20O2.C10H9N.C10H10.2C6H12O.C2H2.4CH4/c1-3-5-17-25-18-16-24(27-20-22-14-10-7-11-15-22)23(4-2)26-19-21-12-8-6-9-13-21;1-3-5-7-9-11-13-15-17-18-16-14-12-10-8-6-4-2;1-3-7-12-10-11(4-2)13-8-5-6-9-14(12)13;1-4-11-13(3,5-2)12-9-7-6-8-10-12;2*1-3-5-10-6-9(4-2)11(7-13)12(10)8-14;1-2-4-8-7(3-1)9-5-6-10(8)11-9;1-10(7-8-10)9-5-3-2-4-6-9;2*1-3-5-6-7-4-2;1-2;;;;/h4,6-16,18,23-24H,2-3,5,17,19-20H2,1H3;1-2H;3-9,11-12H,2,10H2,1H3;4-11H,2H2,1,3H3;2*3-5,9-14H,2,6-8H2,1H3;1-6,9-11H;2-8H,1H3;2*4H,2-3,5-6H2,1H3;1-2H;4*1H4/b18-16-;;7-3-;11-4-;2*5-3-;;;;;;;;;/t23-,24+;;11-,12+;;2*9-,10+,11+,12-;9-,10+;;;;;;;;/m0.1.11........./s1. The molecule has 2 fully saturated rings. The fraction of sp³-hybridized carbons (Fsp3) is 0.359. The molecule has 15 atom stereocenters. The van der Waals surface area contributed by atoms with Crippen molar-refractivity contribution in [3.8, 4) is 120 Å². The number of ether oxygens (including phenoxy) is 5. The van der Waals surface area contributed by atoms with E-state index in [9.17, 15) is 20.4 Å². The van der Waals surface area contributed by atoms with Crippen LogP contribution in [0.25, 0.3) is 0 Å².